The minimum absolute atomic E-state index is 0.0875. The van der Waals surface area contributed by atoms with Gasteiger partial charge in [0, 0.05) is 0 Å². The molecular weight excluding hydrogens is 273 g/mol. The van der Waals surface area contributed by atoms with Gasteiger partial charge >= 0.3 is 5.91 Å². The van der Waals surface area contributed by atoms with Gasteiger partial charge in [0.25, 0.3) is 5.91 Å². The zero-order valence-electron chi connectivity index (χ0n) is 10.8. The molecule has 0 radical (unpaired) electrons. The molecule has 104 valence electrons. The first kappa shape index (κ1) is 13.1. The Morgan fingerprint density at radius 2 is 1.57 bits per heavy atom. The Kier molecular flexibility index (Phi) is 3.23. The Labute approximate surface area is 120 Å². The number of carbonyl (C=O) groups excluding carboxylic acids is 2. The monoisotopic (exact) mass is 283 g/mol. The highest BCUT2D eigenvalue weighted by molar-refractivity contribution is 6.29. The summed E-state index contributed by atoms with van der Waals surface area (Å²) in [6, 6.07) is 13.8. The van der Waals surface area contributed by atoms with E-state index in [0.717, 1.165) is 11.0 Å². The fourth-order valence-corrected chi connectivity index (χ4v) is 1.97. The van der Waals surface area contributed by atoms with E-state index < -0.39 is 17.6 Å². The summed E-state index contributed by atoms with van der Waals surface area (Å²) >= 11 is 0. The smallest absolute Gasteiger partial charge is 0.301 e. The number of carbonyl (C=O) groups is 2. The third kappa shape index (κ3) is 2.53. The van der Waals surface area contributed by atoms with Gasteiger partial charge in [0.05, 0.1) is 11.8 Å². The van der Waals surface area contributed by atoms with Crippen LogP contribution in [0.2, 0.25) is 0 Å². The van der Waals surface area contributed by atoms with Crippen LogP contribution in [0.5, 0.6) is 5.75 Å². The molecule has 3 rings (SSSR count). The summed E-state index contributed by atoms with van der Waals surface area (Å²) in [4.78, 5) is 25.2. The van der Waals surface area contributed by atoms with E-state index >= 15 is 0 Å². The lowest BCUT2D eigenvalue weighted by Crippen LogP contribution is -2.31. The van der Waals surface area contributed by atoms with E-state index in [2.05, 4.69) is 0 Å². The molecule has 0 aliphatic carbocycles. The normalized spacial score (nSPS) is 14.3. The van der Waals surface area contributed by atoms with Crippen molar-refractivity contribution in [2.24, 2.45) is 0 Å². The Bertz CT molecular complexity index is 723. The van der Waals surface area contributed by atoms with Gasteiger partial charge in [-0.05, 0) is 36.4 Å². The molecule has 1 aliphatic heterocycles. The number of amides is 2. The molecule has 2 amide bonds. The quantitative estimate of drug-likeness (QED) is 0.814. The zero-order valence-corrected chi connectivity index (χ0v) is 10.8. The molecule has 0 saturated heterocycles. The van der Waals surface area contributed by atoms with E-state index in [4.69, 9.17) is 4.74 Å². The minimum Gasteiger partial charge on any atom is -0.451 e. The predicted molar refractivity (Wildman–Crippen MR) is 74.0 cm³/mol. The van der Waals surface area contributed by atoms with Crippen LogP contribution in [0.1, 0.15) is 0 Å². The van der Waals surface area contributed by atoms with Gasteiger partial charge in [-0.15, -0.1) is 0 Å². The molecule has 2 aromatic carbocycles. The molecule has 0 bridgehead atoms. The number of anilines is 1. The van der Waals surface area contributed by atoms with Crippen LogP contribution in [0.3, 0.4) is 0 Å². The molecule has 5 heteroatoms. The highest BCUT2D eigenvalue weighted by Gasteiger charge is 2.34. The van der Waals surface area contributed by atoms with Crippen LogP contribution in [-0.2, 0) is 9.59 Å². The van der Waals surface area contributed by atoms with Crippen molar-refractivity contribution in [3.05, 3.63) is 72.2 Å². The average molecular weight is 283 g/mol. The Morgan fingerprint density at radius 1 is 0.905 bits per heavy atom. The fourth-order valence-electron chi connectivity index (χ4n) is 1.97. The summed E-state index contributed by atoms with van der Waals surface area (Å²) < 4.78 is 18.2. The van der Waals surface area contributed by atoms with Gasteiger partial charge in [-0.25, -0.2) is 9.29 Å². The van der Waals surface area contributed by atoms with Crippen molar-refractivity contribution in [1.82, 2.24) is 0 Å². The summed E-state index contributed by atoms with van der Waals surface area (Å²) in [5.41, 5.74) is 0.474. The summed E-state index contributed by atoms with van der Waals surface area (Å²) in [6.07, 6.45) is 1.12. The second-order valence-corrected chi connectivity index (χ2v) is 4.38. The van der Waals surface area contributed by atoms with Crippen LogP contribution in [-0.4, -0.2) is 11.8 Å². The Morgan fingerprint density at radius 3 is 2.24 bits per heavy atom. The fraction of sp³-hybridized carbons (Fsp3) is 0. The molecule has 0 unspecified atom stereocenters. The number of ether oxygens (including phenoxy) is 1. The van der Waals surface area contributed by atoms with E-state index in [1.54, 1.807) is 30.3 Å². The van der Waals surface area contributed by atoms with Crippen molar-refractivity contribution in [3.8, 4) is 5.75 Å². The molecule has 0 saturated carbocycles. The first-order chi connectivity index (χ1) is 10.1. The molecule has 0 atom stereocenters. The number of hydrogen-bond acceptors (Lipinski definition) is 3. The molecule has 0 fully saturated rings. The van der Waals surface area contributed by atoms with Gasteiger partial charge in [-0.1, -0.05) is 18.2 Å². The van der Waals surface area contributed by atoms with E-state index in [1.165, 1.54) is 24.3 Å². The van der Waals surface area contributed by atoms with Crippen molar-refractivity contribution < 1.29 is 18.7 Å². The van der Waals surface area contributed by atoms with E-state index in [-0.39, 0.29) is 5.76 Å². The number of halogens is 1. The molecule has 0 N–H and O–H groups in total. The number of hydrogen-bond donors (Lipinski definition) is 0. The molecule has 21 heavy (non-hydrogen) atoms. The van der Waals surface area contributed by atoms with Crippen molar-refractivity contribution >= 4 is 17.5 Å². The largest absolute Gasteiger partial charge is 0.451 e. The number of para-hydroxylation sites is 1. The molecule has 0 spiro atoms. The molecule has 4 nitrogen and oxygen atoms in total. The van der Waals surface area contributed by atoms with Crippen LogP contribution in [0.15, 0.2) is 66.4 Å². The van der Waals surface area contributed by atoms with Crippen molar-refractivity contribution in [1.29, 1.82) is 0 Å². The van der Waals surface area contributed by atoms with Crippen LogP contribution in [0.4, 0.5) is 10.1 Å². The van der Waals surface area contributed by atoms with Gasteiger partial charge in [-0.2, -0.15) is 0 Å². The Balaban J connectivity index is 1.83. The minimum atomic E-state index is -0.546. The topological polar surface area (TPSA) is 46.6 Å². The van der Waals surface area contributed by atoms with Gasteiger partial charge in [0.2, 0.25) is 0 Å². The van der Waals surface area contributed by atoms with Crippen LogP contribution < -0.4 is 9.64 Å². The second kappa shape index (κ2) is 5.20. The maximum atomic E-state index is 12.8. The SMILES string of the molecule is O=C1C=C(Oc2ccc(F)cc2)C(=O)N1c1ccccc1. The first-order valence-corrected chi connectivity index (χ1v) is 6.24. The molecule has 1 aliphatic rings. The summed E-state index contributed by atoms with van der Waals surface area (Å²) in [7, 11) is 0. The maximum Gasteiger partial charge on any atom is 0.301 e. The van der Waals surface area contributed by atoms with Crippen LogP contribution >= 0.6 is 0 Å². The molecule has 0 aromatic heterocycles. The second-order valence-electron chi connectivity index (χ2n) is 4.38. The standard InChI is InChI=1S/C16H10FNO3/c17-11-6-8-13(9-7-11)21-14-10-15(19)18(16(14)20)12-4-2-1-3-5-12/h1-10H. The van der Waals surface area contributed by atoms with Crippen molar-refractivity contribution in [2.75, 3.05) is 4.90 Å². The third-order valence-corrected chi connectivity index (χ3v) is 2.94. The number of benzene rings is 2. The molecule has 2 aromatic rings. The molecule has 1 heterocycles. The van der Waals surface area contributed by atoms with Gasteiger partial charge < -0.3 is 4.74 Å². The lowest BCUT2D eigenvalue weighted by atomic mass is 10.3. The van der Waals surface area contributed by atoms with E-state index in [1.807, 2.05) is 0 Å². The predicted octanol–water partition coefficient (Wildman–Crippen LogP) is 2.66. The summed E-state index contributed by atoms with van der Waals surface area (Å²) in [5, 5.41) is 0. The lowest BCUT2D eigenvalue weighted by Gasteiger charge is -2.14. The van der Waals surface area contributed by atoms with Crippen LogP contribution in [0.25, 0.3) is 0 Å². The third-order valence-electron chi connectivity index (χ3n) is 2.94. The lowest BCUT2D eigenvalue weighted by molar-refractivity contribution is -0.121. The highest BCUT2D eigenvalue weighted by atomic mass is 19.1. The van der Waals surface area contributed by atoms with Crippen molar-refractivity contribution in [2.45, 2.75) is 0 Å². The summed E-state index contributed by atoms with van der Waals surface area (Å²) in [5.74, 6) is -1.22. The highest BCUT2D eigenvalue weighted by Crippen LogP contribution is 2.24. The number of rotatable bonds is 3. The number of imide groups is 1. The maximum absolute atomic E-state index is 12.8. The van der Waals surface area contributed by atoms with Crippen molar-refractivity contribution in [3.63, 3.8) is 0 Å². The van der Waals surface area contributed by atoms with Gasteiger partial charge in [0.1, 0.15) is 11.6 Å². The van der Waals surface area contributed by atoms with E-state index in [0.29, 0.717) is 11.4 Å². The summed E-state index contributed by atoms with van der Waals surface area (Å²) in [6.45, 7) is 0. The zero-order chi connectivity index (χ0) is 14.8. The first-order valence-electron chi connectivity index (χ1n) is 6.24. The molecular formula is C16H10FNO3. The number of nitrogens with zero attached hydrogens (tertiary/aromatic N) is 1. The van der Waals surface area contributed by atoms with Crippen LogP contribution in [0, 0.1) is 5.82 Å². The van der Waals surface area contributed by atoms with Gasteiger partial charge in [-0.3, -0.25) is 9.59 Å². The average Bonchev–Trinajstić information content (AvgIpc) is 2.77. The van der Waals surface area contributed by atoms with E-state index in [9.17, 15) is 14.0 Å². The Hall–Kier alpha value is -2.95. The van der Waals surface area contributed by atoms with Gasteiger partial charge in [0.15, 0.2) is 5.76 Å².